The third kappa shape index (κ3) is 5.06. The Morgan fingerprint density at radius 2 is 1.69 bits per heavy atom. The summed E-state index contributed by atoms with van der Waals surface area (Å²) in [4.78, 5) is 13.2. The SMILES string of the molecule is CC[C@H](NC(=O)c1cc(S(=O)(=O)N2CCCCCC2)ccc1C)c1ccccc1. The van der Waals surface area contributed by atoms with Crippen LogP contribution in [0, 0.1) is 6.92 Å². The molecule has 0 aliphatic carbocycles. The van der Waals surface area contributed by atoms with Crippen molar-refractivity contribution in [2.45, 2.75) is 56.9 Å². The minimum absolute atomic E-state index is 0.117. The summed E-state index contributed by atoms with van der Waals surface area (Å²) < 4.78 is 27.8. The van der Waals surface area contributed by atoms with Crippen LogP contribution in [0.25, 0.3) is 0 Å². The van der Waals surface area contributed by atoms with Crippen molar-refractivity contribution in [3.05, 3.63) is 65.2 Å². The van der Waals surface area contributed by atoms with Crippen LogP contribution in [-0.4, -0.2) is 31.7 Å². The molecule has 0 aromatic heterocycles. The third-order valence-electron chi connectivity index (χ3n) is 5.57. The van der Waals surface area contributed by atoms with E-state index in [1.54, 1.807) is 16.4 Å². The molecule has 3 rings (SSSR count). The van der Waals surface area contributed by atoms with Crippen molar-refractivity contribution in [3.8, 4) is 0 Å². The van der Waals surface area contributed by atoms with Gasteiger partial charge >= 0.3 is 0 Å². The van der Waals surface area contributed by atoms with E-state index < -0.39 is 10.0 Å². The minimum atomic E-state index is -3.59. The van der Waals surface area contributed by atoms with Gasteiger partial charge < -0.3 is 5.32 Å². The van der Waals surface area contributed by atoms with Gasteiger partial charge in [0.25, 0.3) is 5.91 Å². The molecule has 1 saturated heterocycles. The van der Waals surface area contributed by atoms with E-state index in [1.807, 2.05) is 44.2 Å². The summed E-state index contributed by atoms with van der Waals surface area (Å²) in [6.45, 7) is 4.94. The quantitative estimate of drug-likeness (QED) is 0.760. The van der Waals surface area contributed by atoms with E-state index in [0.717, 1.165) is 43.2 Å². The van der Waals surface area contributed by atoms with Crippen LogP contribution >= 0.6 is 0 Å². The molecular formula is C23H30N2O3S. The summed E-state index contributed by atoms with van der Waals surface area (Å²) in [5, 5.41) is 3.06. The van der Waals surface area contributed by atoms with Crippen molar-refractivity contribution < 1.29 is 13.2 Å². The maximum Gasteiger partial charge on any atom is 0.252 e. The van der Waals surface area contributed by atoms with Gasteiger partial charge in [-0.1, -0.05) is 56.2 Å². The molecule has 1 amide bonds. The van der Waals surface area contributed by atoms with Gasteiger partial charge in [0.1, 0.15) is 0 Å². The van der Waals surface area contributed by atoms with Gasteiger partial charge in [0.2, 0.25) is 10.0 Å². The number of amides is 1. The molecule has 0 bridgehead atoms. The van der Waals surface area contributed by atoms with Crippen molar-refractivity contribution >= 4 is 15.9 Å². The smallest absolute Gasteiger partial charge is 0.252 e. The van der Waals surface area contributed by atoms with E-state index in [-0.39, 0.29) is 16.8 Å². The summed E-state index contributed by atoms with van der Waals surface area (Å²) in [5.74, 6) is -0.244. The number of nitrogens with zero attached hydrogens (tertiary/aromatic N) is 1. The number of carbonyl (C=O) groups is 1. The van der Waals surface area contributed by atoms with Crippen LogP contribution in [-0.2, 0) is 10.0 Å². The highest BCUT2D eigenvalue weighted by molar-refractivity contribution is 7.89. The molecule has 2 aromatic rings. The van der Waals surface area contributed by atoms with Crippen LogP contribution in [0.2, 0.25) is 0 Å². The Hall–Kier alpha value is -2.18. The summed E-state index contributed by atoms with van der Waals surface area (Å²) in [6.07, 6.45) is 4.64. The largest absolute Gasteiger partial charge is 0.345 e. The first-order chi connectivity index (χ1) is 13.9. The Kier molecular flexibility index (Phi) is 7.09. The predicted molar refractivity (Wildman–Crippen MR) is 115 cm³/mol. The van der Waals surface area contributed by atoms with Gasteiger partial charge in [0, 0.05) is 18.7 Å². The van der Waals surface area contributed by atoms with Crippen molar-refractivity contribution in [2.24, 2.45) is 0 Å². The van der Waals surface area contributed by atoms with Crippen LogP contribution in [0.3, 0.4) is 0 Å². The highest BCUT2D eigenvalue weighted by Crippen LogP contribution is 2.24. The summed E-state index contributed by atoms with van der Waals surface area (Å²) in [7, 11) is -3.59. The normalized spacial score (nSPS) is 16.8. The molecule has 1 aliphatic rings. The van der Waals surface area contributed by atoms with Crippen LogP contribution in [0.4, 0.5) is 0 Å². The molecule has 1 fully saturated rings. The standard InChI is InChI=1S/C23H30N2O3S/c1-3-22(19-11-7-6-8-12-19)24-23(26)21-17-20(14-13-18(21)2)29(27,28)25-15-9-4-5-10-16-25/h6-8,11-14,17,22H,3-5,9-10,15-16H2,1-2H3,(H,24,26)/t22-/m0/s1. The van der Waals surface area contributed by atoms with Gasteiger partial charge in [-0.2, -0.15) is 4.31 Å². The van der Waals surface area contributed by atoms with E-state index in [2.05, 4.69) is 5.32 Å². The summed E-state index contributed by atoms with van der Waals surface area (Å²) in [5.41, 5.74) is 2.21. The van der Waals surface area contributed by atoms with E-state index >= 15 is 0 Å². The number of nitrogens with one attached hydrogen (secondary N) is 1. The number of hydrogen-bond donors (Lipinski definition) is 1. The molecule has 1 aliphatic heterocycles. The monoisotopic (exact) mass is 414 g/mol. The molecule has 0 radical (unpaired) electrons. The van der Waals surface area contributed by atoms with Crippen molar-refractivity contribution in [1.29, 1.82) is 0 Å². The lowest BCUT2D eigenvalue weighted by molar-refractivity contribution is 0.0934. The lowest BCUT2D eigenvalue weighted by atomic mass is 10.0. The molecular weight excluding hydrogens is 384 g/mol. The second kappa shape index (κ2) is 9.55. The first-order valence-corrected chi connectivity index (χ1v) is 11.8. The topological polar surface area (TPSA) is 66.5 Å². The maximum absolute atomic E-state index is 13.1. The van der Waals surface area contributed by atoms with Crippen molar-refractivity contribution in [3.63, 3.8) is 0 Å². The zero-order chi connectivity index (χ0) is 20.9. The molecule has 5 nitrogen and oxygen atoms in total. The van der Waals surface area contributed by atoms with E-state index in [0.29, 0.717) is 18.7 Å². The van der Waals surface area contributed by atoms with Gasteiger partial charge in [-0.3, -0.25) is 4.79 Å². The Morgan fingerprint density at radius 3 is 2.31 bits per heavy atom. The van der Waals surface area contributed by atoms with Crippen LogP contribution in [0.15, 0.2) is 53.4 Å². The Labute approximate surface area is 174 Å². The zero-order valence-electron chi connectivity index (χ0n) is 17.2. The molecule has 1 heterocycles. The first-order valence-electron chi connectivity index (χ1n) is 10.4. The highest BCUT2D eigenvalue weighted by atomic mass is 32.2. The zero-order valence-corrected chi connectivity index (χ0v) is 18.0. The van der Waals surface area contributed by atoms with Gasteiger partial charge in [-0.15, -0.1) is 0 Å². The molecule has 29 heavy (non-hydrogen) atoms. The molecule has 0 spiro atoms. The Morgan fingerprint density at radius 1 is 1.03 bits per heavy atom. The van der Waals surface area contributed by atoms with Gasteiger partial charge in [-0.25, -0.2) is 8.42 Å². The Bertz CT molecular complexity index is 934. The lowest BCUT2D eigenvalue weighted by Crippen LogP contribution is -2.32. The maximum atomic E-state index is 13.1. The van der Waals surface area contributed by atoms with Crippen molar-refractivity contribution in [2.75, 3.05) is 13.1 Å². The summed E-state index contributed by atoms with van der Waals surface area (Å²) >= 11 is 0. The number of rotatable bonds is 6. The molecule has 156 valence electrons. The number of sulfonamides is 1. The molecule has 6 heteroatoms. The van der Waals surface area contributed by atoms with Crippen LogP contribution in [0.5, 0.6) is 0 Å². The van der Waals surface area contributed by atoms with Crippen LogP contribution in [0.1, 0.15) is 66.6 Å². The minimum Gasteiger partial charge on any atom is -0.345 e. The average molecular weight is 415 g/mol. The van der Waals surface area contributed by atoms with Gasteiger partial charge in [-0.05, 0) is 49.4 Å². The molecule has 1 atom stereocenters. The highest BCUT2D eigenvalue weighted by Gasteiger charge is 2.26. The second-order valence-electron chi connectivity index (χ2n) is 7.64. The number of aryl methyl sites for hydroxylation is 1. The molecule has 0 saturated carbocycles. The molecule has 0 unspecified atom stereocenters. The lowest BCUT2D eigenvalue weighted by Gasteiger charge is -2.21. The summed E-state index contributed by atoms with van der Waals surface area (Å²) in [6, 6.07) is 14.6. The number of hydrogen-bond acceptors (Lipinski definition) is 3. The fraction of sp³-hybridized carbons (Fsp3) is 0.435. The molecule has 2 aromatic carbocycles. The molecule has 1 N–H and O–H groups in total. The van der Waals surface area contributed by atoms with E-state index in [4.69, 9.17) is 0 Å². The Balaban J connectivity index is 1.85. The average Bonchev–Trinajstić information content (AvgIpc) is 3.03. The second-order valence-corrected chi connectivity index (χ2v) is 9.58. The van der Waals surface area contributed by atoms with Crippen LogP contribution < -0.4 is 5.32 Å². The first kappa shape index (κ1) is 21.5. The van der Waals surface area contributed by atoms with E-state index in [1.165, 1.54) is 6.07 Å². The predicted octanol–water partition coefficient (Wildman–Crippen LogP) is 4.44. The fourth-order valence-electron chi connectivity index (χ4n) is 3.78. The number of carbonyl (C=O) groups excluding carboxylic acids is 1. The third-order valence-corrected chi connectivity index (χ3v) is 7.47. The van der Waals surface area contributed by atoms with E-state index in [9.17, 15) is 13.2 Å². The van der Waals surface area contributed by atoms with Gasteiger partial charge in [0.05, 0.1) is 10.9 Å². The van der Waals surface area contributed by atoms with Crippen molar-refractivity contribution in [1.82, 2.24) is 9.62 Å². The number of benzene rings is 2. The van der Waals surface area contributed by atoms with Gasteiger partial charge in [0.15, 0.2) is 0 Å². The fourth-order valence-corrected chi connectivity index (χ4v) is 5.32.